The maximum Gasteiger partial charge on any atom is 0.191 e. The van der Waals surface area contributed by atoms with E-state index in [0.717, 1.165) is 19.0 Å². The van der Waals surface area contributed by atoms with Crippen LogP contribution in [0.1, 0.15) is 71.6 Å². The molecule has 0 atom stereocenters. The van der Waals surface area contributed by atoms with Gasteiger partial charge in [-0.15, -0.1) is 0 Å². The van der Waals surface area contributed by atoms with Gasteiger partial charge in [0, 0.05) is 13.1 Å². The summed E-state index contributed by atoms with van der Waals surface area (Å²) in [7, 11) is 0. The van der Waals surface area contributed by atoms with Crippen LogP contribution in [0.15, 0.2) is 4.99 Å². The average Bonchev–Trinajstić information content (AvgIpc) is 2.48. The number of aliphatic imine (C=N–C) groups is 1. The molecule has 0 bridgehead atoms. The van der Waals surface area contributed by atoms with Gasteiger partial charge in [0.05, 0.1) is 6.04 Å². The van der Waals surface area contributed by atoms with Crippen LogP contribution < -0.4 is 5.73 Å². The summed E-state index contributed by atoms with van der Waals surface area (Å²) in [5.41, 5.74) is 6.80. The second-order valence-electron chi connectivity index (χ2n) is 6.47. The summed E-state index contributed by atoms with van der Waals surface area (Å²) in [6.07, 6.45) is 11.7. The molecule has 2 N–H and O–H groups in total. The molecule has 0 spiro atoms. The highest BCUT2D eigenvalue weighted by atomic mass is 15.3. The topological polar surface area (TPSA) is 41.6 Å². The van der Waals surface area contributed by atoms with Crippen molar-refractivity contribution in [2.45, 2.75) is 77.7 Å². The monoisotopic (exact) mass is 265 g/mol. The molecule has 0 amide bonds. The van der Waals surface area contributed by atoms with Crippen molar-refractivity contribution in [2.24, 2.45) is 16.1 Å². The number of hydrogen-bond acceptors (Lipinski definition) is 1. The van der Waals surface area contributed by atoms with Crippen LogP contribution in [0.2, 0.25) is 0 Å². The Hall–Kier alpha value is -0.730. The zero-order chi connectivity index (χ0) is 13.7. The second kappa shape index (κ2) is 6.62. The molecular formula is C16H31N3. The van der Waals surface area contributed by atoms with Gasteiger partial charge in [-0.1, -0.05) is 46.0 Å². The summed E-state index contributed by atoms with van der Waals surface area (Å²) < 4.78 is 0. The highest BCUT2D eigenvalue weighted by molar-refractivity contribution is 5.78. The van der Waals surface area contributed by atoms with E-state index in [4.69, 9.17) is 10.7 Å². The summed E-state index contributed by atoms with van der Waals surface area (Å²) in [5, 5.41) is 0. The molecular weight excluding hydrogens is 234 g/mol. The lowest BCUT2D eigenvalue weighted by atomic mass is 9.74. The maximum atomic E-state index is 6.23. The zero-order valence-electron chi connectivity index (χ0n) is 12.8. The fourth-order valence-electron chi connectivity index (χ4n) is 3.65. The minimum Gasteiger partial charge on any atom is -0.370 e. The van der Waals surface area contributed by atoms with Crippen molar-refractivity contribution in [1.82, 2.24) is 4.90 Å². The minimum absolute atomic E-state index is 0.498. The van der Waals surface area contributed by atoms with Crippen LogP contribution in [0.5, 0.6) is 0 Å². The van der Waals surface area contributed by atoms with Crippen molar-refractivity contribution in [3.63, 3.8) is 0 Å². The number of rotatable bonds is 3. The zero-order valence-corrected chi connectivity index (χ0v) is 12.8. The Kier molecular flexibility index (Phi) is 5.12. The van der Waals surface area contributed by atoms with Crippen molar-refractivity contribution >= 4 is 5.96 Å². The smallest absolute Gasteiger partial charge is 0.191 e. The minimum atomic E-state index is 0.498. The number of hydrogen-bond donors (Lipinski definition) is 1. The van der Waals surface area contributed by atoms with Crippen LogP contribution in [-0.4, -0.2) is 30.0 Å². The van der Waals surface area contributed by atoms with E-state index in [0.29, 0.717) is 11.5 Å². The highest BCUT2D eigenvalue weighted by Gasteiger charge is 2.31. The fraction of sp³-hybridized carbons (Fsp3) is 0.938. The van der Waals surface area contributed by atoms with E-state index in [9.17, 15) is 0 Å². The summed E-state index contributed by atoms with van der Waals surface area (Å²) in [6, 6.07) is 0.498. The van der Waals surface area contributed by atoms with E-state index in [1.165, 1.54) is 57.8 Å². The predicted octanol–water partition coefficient (Wildman–Crippen LogP) is 3.54. The standard InChI is InChI=1S/C16H31N3/c1-3-16(4-2)10-12-19(13-11-16)15(17)18-14-8-6-5-7-9-14/h14H,3-13H2,1-2H3,(H2,17,18). The maximum absolute atomic E-state index is 6.23. The third kappa shape index (κ3) is 3.64. The highest BCUT2D eigenvalue weighted by Crippen LogP contribution is 2.37. The van der Waals surface area contributed by atoms with Gasteiger partial charge in [-0.25, -0.2) is 4.99 Å². The number of piperidine rings is 1. The normalized spacial score (nSPS) is 25.6. The Bertz CT molecular complexity index is 291. The summed E-state index contributed by atoms with van der Waals surface area (Å²) in [5.74, 6) is 0.813. The Labute approximate surface area is 118 Å². The summed E-state index contributed by atoms with van der Waals surface area (Å²) in [6.45, 7) is 6.87. The first kappa shape index (κ1) is 14.7. The van der Waals surface area contributed by atoms with Gasteiger partial charge in [0.15, 0.2) is 5.96 Å². The molecule has 3 heteroatoms. The third-order valence-corrected chi connectivity index (χ3v) is 5.54. The Morgan fingerprint density at radius 2 is 1.68 bits per heavy atom. The van der Waals surface area contributed by atoms with Crippen LogP contribution in [0.4, 0.5) is 0 Å². The molecule has 0 aromatic rings. The van der Waals surface area contributed by atoms with Crippen molar-refractivity contribution in [3.05, 3.63) is 0 Å². The van der Waals surface area contributed by atoms with E-state index in [1.807, 2.05) is 0 Å². The SMILES string of the molecule is CCC1(CC)CCN(C(N)=NC2CCCCC2)CC1. The molecule has 2 aliphatic rings. The molecule has 1 aliphatic heterocycles. The Morgan fingerprint density at radius 1 is 1.11 bits per heavy atom. The van der Waals surface area contributed by atoms with E-state index in [-0.39, 0.29) is 0 Å². The third-order valence-electron chi connectivity index (χ3n) is 5.54. The number of likely N-dealkylation sites (tertiary alicyclic amines) is 1. The van der Waals surface area contributed by atoms with Crippen molar-refractivity contribution < 1.29 is 0 Å². The van der Waals surface area contributed by atoms with Gasteiger partial charge in [-0.05, 0) is 31.1 Å². The van der Waals surface area contributed by atoms with Gasteiger partial charge < -0.3 is 10.6 Å². The Morgan fingerprint density at radius 3 is 2.21 bits per heavy atom. The molecule has 2 fully saturated rings. The molecule has 1 aliphatic carbocycles. The number of nitrogens with zero attached hydrogens (tertiary/aromatic N) is 2. The van der Waals surface area contributed by atoms with Gasteiger partial charge in [-0.3, -0.25) is 0 Å². The quantitative estimate of drug-likeness (QED) is 0.626. The van der Waals surface area contributed by atoms with E-state index in [2.05, 4.69) is 18.7 Å². The first-order valence-corrected chi connectivity index (χ1v) is 8.27. The fourth-order valence-corrected chi connectivity index (χ4v) is 3.65. The number of guanidine groups is 1. The summed E-state index contributed by atoms with van der Waals surface area (Å²) in [4.78, 5) is 7.10. The average molecular weight is 265 g/mol. The molecule has 1 saturated heterocycles. The van der Waals surface area contributed by atoms with Crippen LogP contribution in [0, 0.1) is 5.41 Å². The molecule has 0 radical (unpaired) electrons. The van der Waals surface area contributed by atoms with Crippen molar-refractivity contribution in [1.29, 1.82) is 0 Å². The van der Waals surface area contributed by atoms with Gasteiger partial charge in [0.25, 0.3) is 0 Å². The molecule has 1 heterocycles. The molecule has 0 aromatic heterocycles. The predicted molar refractivity (Wildman–Crippen MR) is 82.3 cm³/mol. The molecule has 0 aromatic carbocycles. The van der Waals surface area contributed by atoms with Gasteiger partial charge in [0.1, 0.15) is 0 Å². The van der Waals surface area contributed by atoms with Gasteiger partial charge in [0.2, 0.25) is 0 Å². The van der Waals surface area contributed by atoms with Crippen molar-refractivity contribution in [2.75, 3.05) is 13.1 Å². The Balaban J connectivity index is 1.87. The first-order chi connectivity index (χ1) is 9.19. The largest absolute Gasteiger partial charge is 0.370 e. The molecule has 19 heavy (non-hydrogen) atoms. The lowest BCUT2D eigenvalue weighted by Gasteiger charge is -2.41. The van der Waals surface area contributed by atoms with Crippen LogP contribution in [-0.2, 0) is 0 Å². The molecule has 2 rings (SSSR count). The second-order valence-corrected chi connectivity index (χ2v) is 6.47. The van der Waals surface area contributed by atoms with E-state index < -0.39 is 0 Å². The summed E-state index contributed by atoms with van der Waals surface area (Å²) >= 11 is 0. The van der Waals surface area contributed by atoms with Crippen molar-refractivity contribution in [3.8, 4) is 0 Å². The van der Waals surface area contributed by atoms with E-state index >= 15 is 0 Å². The van der Waals surface area contributed by atoms with Crippen LogP contribution >= 0.6 is 0 Å². The molecule has 3 nitrogen and oxygen atoms in total. The van der Waals surface area contributed by atoms with Gasteiger partial charge in [-0.2, -0.15) is 0 Å². The van der Waals surface area contributed by atoms with E-state index in [1.54, 1.807) is 0 Å². The lowest BCUT2D eigenvalue weighted by molar-refractivity contribution is 0.134. The van der Waals surface area contributed by atoms with Crippen LogP contribution in [0.3, 0.4) is 0 Å². The molecule has 0 unspecified atom stereocenters. The number of nitrogens with two attached hydrogens (primary N) is 1. The van der Waals surface area contributed by atoms with Gasteiger partial charge >= 0.3 is 0 Å². The van der Waals surface area contributed by atoms with Crippen LogP contribution in [0.25, 0.3) is 0 Å². The lowest BCUT2D eigenvalue weighted by Crippen LogP contribution is -2.46. The first-order valence-electron chi connectivity index (χ1n) is 8.27. The molecule has 1 saturated carbocycles. The molecule has 110 valence electrons.